The molecular formula is C19H17FN2O4S. The third kappa shape index (κ3) is 4.35. The van der Waals surface area contributed by atoms with Crippen LogP contribution in [0.25, 0.3) is 10.1 Å². The number of nitrogens with one attached hydrogen (secondary N) is 2. The van der Waals surface area contributed by atoms with E-state index in [1.54, 1.807) is 31.2 Å². The third-order valence-corrected chi connectivity index (χ3v) is 4.85. The maximum atomic E-state index is 14.4. The highest BCUT2D eigenvalue weighted by atomic mass is 32.1. The fourth-order valence-corrected chi connectivity index (χ4v) is 3.61. The Balaban J connectivity index is 1.88. The fraction of sp³-hybridized carbons (Fsp3) is 0.158. The fourth-order valence-electron chi connectivity index (χ4n) is 2.49. The maximum absolute atomic E-state index is 14.4. The van der Waals surface area contributed by atoms with Crippen LogP contribution in [0.5, 0.6) is 5.75 Å². The lowest BCUT2D eigenvalue weighted by atomic mass is 10.1. The zero-order chi connectivity index (χ0) is 19.2. The molecule has 3 rings (SSSR count). The van der Waals surface area contributed by atoms with Crippen LogP contribution in [-0.2, 0) is 11.3 Å². The molecule has 0 aliphatic heterocycles. The number of carbonyl (C=O) groups excluding carboxylic acids is 2. The molecule has 2 amide bonds. The Morgan fingerprint density at radius 3 is 2.59 bits per heavy atom. The number of halogens is 1. The molecule has 0 fully saturated rings. The van der Waals surface area contributed by atoms with Crippen LogP contribution in [-0.4, -0.2) is 18.6 Å². The van der Waals surface area contributed by atoms with E-state index >= 15 is 0 Å². The Bertz CT molecular complexity index is 959. The topological polar surface area (TPSA) is 76.7 Å². The van der Waals surface area contributed by atoms with E-state index in [9.17, 15) is 14.0 Å². The summed E-state index contributed by atoms with van der Waals surface area (Å²) in [6, 6.07) is 13.7. The Kier molecular flexibility index (Phi) is 5.87. The first-order chi connectivity index (χ1) is 13.1. The summed E-state index contributed by atoms with van der Waals surface area (Å²) in [4.78, 5) is 24.1. The molecule has 2 N–H and O–H groups in total. The van der Waals surface area contributed by atoms with E-state index in [1.165, 1.54) is 6.07 Å². The number of para-hydroxylation sites is 1. The highest BCUT2D eigenvalue weighted by Gasteiger charge is 2.21. The standard InChI is InChI=1S/C19H17FN2O4S/c1-2-25-19(24)22-21-18(23)17-13(11-26-12-7-4-3-5-8-12)16-14(20)9-6-10-15(16)27-17/h3-10H,2,11H2,1H3,(H,21,23)(H,22,24). The van der Waals surface area contributed by atoms with E-state index in [2.05, 4.69) is 10.9 Å². The number of ether oxygens (including phenoxy) is 2. The summed E-state index contributed by atoms with van der Waals surface area (Å²) in [5.74, 6) is -0.410. The number of benzene rings is 2. The van der Waals surface area contributed by atoms with Gasteiger partial charge in [-0.1, -0.05) is 24.3 Å². The molecule has 0 atom stereocenters. The van der Waals surface area contributed by atoms with Gasteiger partial charge >= 0.3 is 6.09 Å². The molecule has 8 heteroatoms. The first-order valence-electron chi connectivity index (χ1n) is 8.21. The molecule has 0 radical (unpaired) electrons. The summed E-state index contributed by atoms with van der Waals surface area (Å²) in [7, 11) is 0. The van der Waals surface area contributed by atoms with E-state index in [0.717, 1.165) is 11.3 Å². The number of amides is 2. The van der Waals surface area contributed by atoms with Gasteiger partial charge in [0, 0.05) is 15.6 Å². The minimum absolute atomic E-state index is 0.00705. The van der Waals surface area contributed by atoms with Gasteiger partial charge in [0.25, 0.3) is 5.91 Å². The second-order valence-corrected chi connectivity index (χ2v) is 6.48. The van der Waals surface area contributed by atoms with Crippen LogP contribution >= 0.6 is 11.3 Å². The Morgan fingerprint density at radius 1 is 1.07 bits per heavy atom. The lowest BCUT2D eigenvalue weighted by molar-refractivity contribution is 0.0914. The van der Waals surface area contributed by atoms with Gasteiger partial charge < -0.3 is 9.47 Å². The zero-order valence-electron chi connectivity index (χ0n) is 14.5. The van der Waals surface area contributed by atoms with Crippen LogP contribution in [0.3, 0.4) is 0 Å². The van der Waals surface area contributed by atoms with Crippen LogP contribution in [0.4, 0.5) is 9.18 Å². The largest absolute Gasteiger partial charge is 0.489 e. The third-order valence-electron chi connectivity index (χ3n) is 3.65. The molecule has 1 heterocycles. The lowest BCUT2D eigenvalue weighted by Crippen LogP contribution is -2.41. The minimum Gasteiger partial charge on any atom is -0.489 e. The molecule has 2 aromatic carbocycles. The molecule has 0 aliphatic carbocycles. The molecule has 0 spiro atoms. The van der Waals surface area contributed by atoms with Crippen molar-refractivity contribution in [2.45, 2.75) is 13.5 Å². The van der Waals surface area contributed by atoms with Gasteiger partial charge in [0.1, 0.15) is 23.1 Å². The summed E-state index contributed by atoms with van der Waals surface area (Å²) >= 11 is 1.12. The van der Waals surface area contributed by atoms with Crippen LogP contribution < -0.4 is 15.6 Å². The number of hydrazine groups is 1. The summed E-state index contributed by atoms with van der Waals surface area (Å²) in [6.07, 6.45) is -0.778. The monoisotopic (exact) mass is 388 g/mol. The molecule has 140 valence electrons. The van der Waals surface area contributed by atoms with Crippen molar-refractivity contribution in [2.24, 2.45) is 0 Å². The molecule has 6 nitrogen and oxygen atoms in total. The van der Waals surface area contributed by atoms with Crippen molar-refractivity contribution >= 4 is 33.4 Å². The van der Waals surface area contributed by atoms with Crippen molar-refractivity contribution in [3.05, 3.63) is 64.8 Å². The number of thiophene rings is 1. The molecule has 3 aromatic rings. The van der Waals surface area contributed by atoms with Crippen molar-refractivity contribution in [2.75, 3.05) is 6.61 Å². The summed E-state index contributed by atoms with van der Waals surface area (Å²) in [6.45, 7) is 1.83. The van der Waals surface area contributed by atoms with Gasteiger partial charge in [-0.2, -0.15) is 0 Å². The van der Waals surface area contributed by atoms with E-state index in [-0.39, 0.29) is 18.1 Å². The highest BCUT2D eigenvalue weighted by Crippen LogP contribution is 2.34. The summed E-state index contributed by atoms with van der Waals surface area (Å²) < 4.78 is 25.4. The molecule has 0 saturated carbocycles. The van der Waals surface area contributed by atoms with E-state index in [1.807, 2.05) is 18.2 Å². The van der Waals surface area contributed by atoms with Gasteiger partial charge in [-0.15, -0.1) is 11.3 Å². The predicted molar refractivity (Wildman–Crippen MR) is 100 cm³/mol. The minimum atomic E-state index is -0.778. The first kappa shape index (κ1) is 18.7. The Hall–Kier alpha value is -3.13. The van der Waals surface area contributed by atoms with Gasteiger partial charge in [0.15, 0.2) is 0 Å². The van der Waals surface area contributed by atoms with Crippen molar-refractivity contribution < 1.29 is 23.5 Å². The number of rotatable bonds is 5. The van der Waals surface area contributed by atoms with E-state index < -0.39 is 17.8 Å². The summed E-state index contributed by atoms with van der Waals surface area (Å²) in [5, 5.41) is 0.333. The second kappa shape index (κ2) is 8.50. The SMILES string of the molecule is CCOC(=O)NNC(=O)c1sc2cccc(F)c2c1COc1ccccc1. The Morgan fingerprint density at radius 2 is 1.85 bits per heavy atom. The number of hydrogen-bond acceptors (Lipinski definition) is 5. The highest BCUT2D eigenvalue weighted by molar-refractivity contribution is 7.21. The number of carbonyl (C=O) groups is 2. The van der Waals surface area contributed by atoms with Crippen molar-refractivity contribution in [1.29, 1.82) is 0 Å². The normalized spacial score (nSPS) is 10.4. The first-order valence-corrected chi connectivity index (χ1v) is 9.02. The van der Waals surface area contributed by atoms with Crippen LogP contribution in [0.1, 0.15) is 22.2 Å². The lowest BCUT2D eigenvalue weighted by Gasteiger charge is -2.09. The van der Waals surface area contributed by atoms with Crippen LogP contribution in [0.15, 0.2) is 48.5 Å². The van der Waals surface area contributed by atoms with Crippen LogP contribution in [0, 0.1) is 5.82 Å². The molecule has 27 heavy (non-hydrogen) atoms. The van der Waals surface area contributed by atoms with Gasteiger partial charge in [0.2, 0.25) is 0 Å². The molecule has 0 saturated heterocycles. The number of hydrogen-bond donors (Lipinski definition) is 2. The van der Waals surface area contributed by atoms with Crippen molar-refractivity contribution in [3.63, 3.8) is 0 Å². The molecule has 0 aliphatic rings. The van der Waals surface area contributed by atoms with Gasteiger partial charge in [-0.05, 0) is 31.2 Å². The molecule has 0 unspecified atom stereocenters. The van der Waals surface area contributed by atoms with E-state index in [4.69, 9.17) is 9.47 Å². The van der Waals surface area contributed by atoms with Gasteiger partial charge in [-0.25, -0.2) is 14.6 Å². The second-order valence-electron chi connectivity index (χ2n) is 5.42. The summed E-state index contributed by atoms with van der Waals surface area (Å²) in [5.41, 5.74) is 4.84. The molecular weight excluding hydrogens is 371 g/mol. The maximum Gasteiger partial charge on any atom is 0.426 e. The van der Waals surface area contributed by atoms with Gasteiger partial charge in [-0.3, -0.25) is 10.2 Å². The zero-order valence-corrected chi connectivity index (χ0v) is 15.3. The molecule has 0 bridgehead atoms. The van der Waals surface area contributed by atoms with Crippen LogP contribution in [0.2, 0.25) is 0 Å². The average Bonchev–Trinajstić information content (AvgIpc) is 3.05. The Labute approximate surface area is 158 Å². The van der Waals surface area contributed by atoms with Crippen molar-refractivity contribution in [3.8, 4) is 5.75 Å². The van der Waals surface area contributed by atoms with E-state index in [0.29, 0.717) is 21.4 Å². The quantitative estimate of drug-likeness (QED) is 0.648. The van der Waals surface area contributed by atoms with Gasteiger partial charge in [0.05, 0.1) is 6.61 Å². The predicted octanol–water partition coefficient (Wildman–Crippen LogP) is 4.01. The van der Waals surface area contributed by atoms with Crippen molar-refractivity contribution in [1.82, 2.24) is 10.9 Å². The molecule has 1 aromatic heterocycles. The average molecular weight is 388 g/mol. The smallest absolute Gasteiger partial charge is 0.426 e. The number of fused-ring (bicyclic) bond motifs is 1.